The lowest BCUT2D eigenvalue weighted by Crippen LogP contribution is -2.07. The van der Waals surface area contributed by atoms with Crippen LogP contribution in [-0.2, 0) is 0 Å². The van der Waals surface area contributed by atoms with Crippen LogP contribution in [0.3, 0.4) is 0 Å². The first-order valence-corrected chi connectivity index (χ1v) is 5.46. The van der Waals surface area contributed by atoms with Gasteiger partial charge < -0.3 is 4.90 Å². The molecular formula is C13H13N3O2. The SMILES string of the molecule is CN(C)c1ccc(-c2ccc([N+](=O)[O-])cn2)cc1. The molecule has 1 aromatic heterocycles. The van der Waals surface area contributed by atoms with Gasteiger partial charge in [0.1, 0.15) is 6.20 Å². The molecule has 5 heteroatoms. The first kappa shape index (κ1) is 12.0. The van der Waals surface area contributed by atoms with Gasteiger partial charge in [0.15, 0.2) is 0 Å². The Morgan fingerprint density at radius 3 is 2.22 bits per heavy atom. The van der Waals surface area contributed by atoms with Gasteiger partial charge in [0.25, 0.3) is 5.69 Å². The smallest absolute Gasteiger partial charge is 0.287 e. The van der Waals surface area contributed by atoms with Crippen molar-refractivity contribution in [3.8, 4) is 11.3 Å². The second kappa shape index (κ2) is 4.83. The molecule has 0 amide bonds. The number of nitrogens with zero attached hydrogens (tertiary/aromatic N) is 3. The third-order valence-electron chi connectivity index (χ3n) is 2.64. The minimum Gasteiger partial charge on any atom is -0.378 e. The molecule has 0 saturated heterocycles. The van der Waals surface area contributed by atoms with Crippen molar-refractivity contribution in [1.82, 2.24) is 4.98 Å². The van der Waals surface area contributed by atoms with Gasteiger partial charge in [0.05, 0.1) is 10.6 Å². The molecule has 0 N–H and O–H groups in total. The number of aromatic nitrogens is 1. The molecule has 92 valence electrons. The first-order valence-electron chi connectivity index (χ1n) is 5.46. The summed E-state index contributed by atoms with van der Waals surface area (Å²) in [5.74, 6) is 0. The predicted molar refractivity (Wildman–Crippen MR) is 70.7 cm³/mol. The normalized spacial score (nSPS) is 10.1. The van der Waals surface area contributed by atoms with Crippen molar-refractivity contribution < 1.29 is 4.92 Å². The fourth-order valence-electron chi connectivity index (χ4n) is 1.60. The largest absolute Gasteiger partial charge is 0.378 e. The predicted octanol–water partition coefficient (Wildman–Crippen LogP) is 2.72. The molecule has 1 heterocycles. The van der Waals surface area contributed by atoms with Gasteiger partial charge in [-0.2, -0.15) is 0 Å². The van der Waals surface area contributed by atoms with Gasteiger partial charge in [-0.15, -0.1) is 0 Å². The van der Waals surface area contributed by atoms with Crippen LogP contribution in [0.4, 0.5) is 11.4 Å². The molecule has 0 saturated carbocycles. The number of anilines is 1. The van der Waals surface area contributed by atoms with Gasteiger partial charge in [0, 0.05) is 31.4 Å². The molecule has 2 rings (SSSR count). The number of nitro groups is 1. The fraction of sp³-hybridized carbons (Fsp3) is 0.154. The summed E-state index contributed by atoms with van der Waals surface area (Å²) in [4.78, 5) is 16.2. The van der Waals surface area contributed by atoms with Crippen LogP contribution < -0.4 is 4.90 Å². The van der Waals surface area contributed by atoms with E-state index in [9.17, 15) is 10.1 Å². The molecule has 0 aliphatic carbocycles. The molecule has 0 spiro atoms. The van der Waals surface area contributed by atoms with Crippen molar-refractivity contribution in [2.75, 3.05) is 19.0 Å². The summed E-state index contributed by atoms with van der Waals surface area (Å²) in [6.07, 6.45) is 1.27. The number of benzene rings is 1. The Labute approximate surface area is 105 Å². The Kier molecular flexibility index (Phi) is 3.23. The second-order valence-corrected chi connectivity index (χ2v) is 4.10. The summed E-state index contributed by atoms with van der Waals surface area (Å²) in [5, 5.41) is 10.5. The minimum absolute atomic E-state index is 0.00339. The van der Waals surface area contributed by atoms with E-state index in [0.717, 1.165) is 16.9 Å². The molecule has 0 bridgehead atoms. The topological polar surface area (TPSA) is 59.3 Å². The van der Waals surface area contributed by atoms with E-state index in [1.165, 1.54) is 12.3 Å². The molecule has 0 fully saturated rings. The van der Waals surface area contributed by atoms with E-state index in [-0.39, 0.29) is 5.69 Å². The van der Waals surface area contributed by atoms with Crippen LogP contribution in [0.25, 0.3) is 11.3 Å². The van der Waals surface area contributed by atoms with Crippen molar-refractivity contribution in [1.29, 1.82) is 0 Å². The van der Waals surface area contributed by atoms with Crippen molar-refractivity contribution in [2.24, 2.45) is 0 Å². The number of pyridine rings is 1. The third-order valence-corrected chi connectivity index (χ3v) is 2.64. The summed E-state index contributed by atoms with van der Waals surface area (Å²) in [6.45, 7) is 0. The van der Waals surface area contributed by atoms with Gasteiger partial charge in [-0.25, -0.2) is 4.98 Å². The monoisotopic (exact) mass is 243 g/mol. The van der Waals surface area contributed by atoms with Crippen LogP contribution in [0, 0.1) is 10.1 Å². The van der Waals surface area contributed by atoms with Gasteiger partial charge in [-0.1, -0.05) is 12.1 Å². The zero-order valence-corrected chi connectivity index (χ0v) is 10.2. The molecule has 18 heavy (non-hydrogen) atoms. The van der Waals surface area contributed by atoms with Crippen LogP contribution in [0.2, 0.25) is 0 Å². The standard InChI is InChI=1S/C13H13N3O2/c1-15(2)11-5-3-10(4-6-11)13-8-7-12(9-14-13)16(17)18/h3-9H,1-2H3. The van der Waals surface area contributed by atoms with Crippen LogP contribution in [0.15, 0.2) is 42.6 Å². The highest BCUT2D eigenvalue weighted by molar-refractivity contribution is 5.63. The Morgan fingerprint density at radius 1 is 1.11 bits per heavy atom. The highest BCUT2D eigenvalue weighted by Gasteiger charge is 2.06. The van der Waals surface area contributed by atoms with Crippen molar-refractivity contribution in [2.45, 2.75) is 0 Å². The van der Waals surface area contributed by atoms with Gasteiger partial charge in [-0.05, 0) is 18.2 Å². The molecule has 0 radical (unpaired) electrons. The highest BCUT2D eigenvalue weighted by Crippen LogP contribution is 2.22. The summed E-state index contributed by atoms with van der Waals surface area (Å²) < 4.78 is 0. The third kappa shape index (κ3) is 2.45. The van der Waals surface area contributed by atoms with Crippen LogP contribution in [0.1, 0.15) is 0 Å². The molecule has 0 aliphatic rings. The average Bonchev–Trinajstić information content (AvgIpc) is 2.39. The van der Waals surface area contributed by atoms with Crippen LogP contribution in [-0.4, -0.2) is 24.0 Å². The lowest BCUT2D eigenvalue weighted by molar-refractivity contribution is -0.385. The van der Waals surface area contributed by atoms with E-state index in [4.69, 9.17) is 0 Å². The number of rotatable bonds is 3. The van der Waals surface area contributed by atoms with E-state index in [1.807, 2.05) is 43.3 Å². The Morgan fingerprint density at radius 2 is 1.78 bits per heavy atom. The van der Waals surface area contributed by atoms with Gasteiger partial charge in [-0.3, -0.25) is 10.1 Å². The Bertz CT molecular complexity index is 547. The van der Waals surface area contributed by atoms with E-state index < -0.39 is 4.92 Å². The van der Waals surface area contributed by atoms with E-state index in [2.05, 4.69) is 4.98 Å². The summed E-state index contributed by atoms with van der Waals surface area (Å²) in [5.41, 5.74) is 2.77. The highest BCUT2D eigenvalue weighted by atomic mass is 16.6. The van der Waals surface area contributed by atoms with Crippen molar-refractivity contribution in [3.05, 3.63) is 52.7 Å². The summed E-state index contributed by atoms with van der Waals surface area (Å²) in [7, 11) is 3.94. The molecule has 0 unspecified atom stereocenters. The summed E-state index contributed by atoms with van der Waals surface area (Å²) in [6, 6.07) is 11.0. The molecular weight excluding hydrogens is 230 g/mol. The molecule has 2 aromatic rings. The van der Waals surface area contributed by atoms with Crippen LogP contribution >= 0.6 is 0 Å². The molecule has 5 nitrogen and oxygen atoms in total. The zero-order valence-electron chi connectivity index (χ0n) is 10.2. The van der Waals surface area contributed by atoms with Gasteiger partial charge >= 0.3 is 0 Å². The second-order valence-electron chi connectivity index (χ2n) is 4.10. The van der Waals surface area contributed by atoms with E-state index in [1.54, 1.807) is 6.07 Å². The minimum atomic E-state index is -0.452. The molecule has 1 aromatic carbocycles. The zero-order chi connectivity index (χ0) is 13.1. The van der Waals surface area contributed by atoms with E-state index >= 15 is 0 Å². The lowest BCUT2D eigenvalue weighted by Gasteiger charge is -2.12. The maximum absolute atomic E-state index is 10.5. The maximum Gasteiger partial charge on any atom is 0.287 e. The maximum atomic E-state index is 10.5. The van der Waals surface area contributed by atoms with Gasteiger partial charge in [0.2, 0.25) is 0 Å². The van der Waals surface area contributed by atoms with Crippen molar-refractivity contribution in [3.63, 3.8) is 0 Å². The number of hydrogen-bond acceptors (Lipinski definition) is 4. The quantitative estimate of drug-likeness (QED) is 0.614. The number of hydrogen-bond donors (Lipinski definition) is 0. The summed E-state index contributed by atoms with van der Waals surface area (Å²) >= 11 is 0. The molecule has 0 atom stereocenters. The Hall–Kier alpha value is -2.43. The van der Waals surface area contributed by atoms with E-state index in [0.29, 0.717) is 0 Å². The van der Waals surface area contributed by atoms with Crippen molar-refractivity contribution >= 4 is 11.4 Å². The average molecular weight is 243 g/mol. The molecule has 0 aliphatic heterocycles. The van der Waals surface area contributed by atoms with Crippen LogP contribution in [0.5, 0.6) is 0 Å². The Balaban J connectivity index is 2.28. The fourth-order valence-corrected chi connectivity index (χ4v) is 1.60. The first-order chi connectivity index (χ1) is 8.58. The lowest BCUT2D eigenvalue weighted by atomic mass is 10.1.